The zero-order valence-electron chi connectivity index (χ0n) is 12.8. The first-order valence-corrected chi connectivity index (χ1v) is 7.64. The van der Waals surface area contributed by atoms with Crippen LogP contribution in [0.1, 0.15) is 10.5 Å². The fourth-order valence-electron chi connectivity index (χ4n) is 2.63. The summed E-state index contributed by atoms with van der Waals surface area (Å²) in [6, 6.07) is 15.3. The number of hydrogen-bond donors (Lipinski definition) is 1. The van der Waals surface area contributed by atoms with Crippen LogP contribution in [-0.2, 0) is 6.54 Å². The van der Waals surface area contributed by atoms with Crippen molar-refractivity contribution in [1.82, 2.24) is 15.0 Å². The maximum atomic E-state index is 12.1. The summed E-state index contributed by atoms with van der Waals surface area (Å²) in [5.41, 5.74) is 1.38. The molecule has 24 heavy (non-hydrogen) atoms. The molecular formula is C18H15N3O3. The van der Waals surface area contributed by atoms with E-state index < -0.39 is 0 Å². The molecule has 6 heteroatoms. The minimum absolute atomic E-state index is 0.235. The van der Waals surface area contributed by atoms with E-state index in [1.165, 1.54) is 5.39 Å². The quantitative estimate of drug-likeness (QED) is 0.612. The maximum absolute atomic E-state index is 12.1. The molecule has 0 saturated carbocycles. The Labute approximate surface area is 137 Å². The van der Waals surface area contributed by atoms with Gasteiger partial charge in [0.05, 0.1) is 6.26 Å². The van der Waals surface area contributed by atoms with Crippen LogP contribution >= 0.6 is 0 Å². The molecule has 0 aliphatic carbocycles. The maximum Gasteiger partial charge on any atom is 0.273 e. The monoisotopic (exact) mass is 321 g/mol. The fraction of sp³-hybridized carbons (Fsp3) is 0.111. The molecule has 0 radical (unpaired) electrons. The van der Waals surface area contributed by atoms with Gasteiger partial charge in [-0.25, -0.2) is 0 Å². The third-order valence-corrected chi connectivity index (χ3v) is 3.83. The highest BCUT2D eigenvalue weighted by atomic mass is 16.5. The average molecular weight is 321 g/mol. The number of furan rings is 1. The lowest BCUT2D eigenvalue weighted by atomic mass is 10.2. The van der Waals surface area contributed by atoms with E-state index in [0.29, 0.717) is 24.6 Å². The first-order valence-electron chi connectivity index (χ1n) is 7.64. The fourth-order valence-corrected chi connectivity index (χ4v) is 2.63. The third-order valence-electron chi connectivity index (χ3n) is 3.83. The summed E-state index contributed by atoms with van der Waals surface area (Å²) < 4.78 is 12.4. The summed E-state index contributed by atoms with van der Waals surface area (Å²) in [5, 5.41) is 7.82. The molecule has 0 saturated heterocycles. The molecule has 4 rings (SSSR count). The number of nitrogens with zero attached hydrogens (tertiary/aromatic N) is 2. The average Bonchev–Trinajstić information content (AvgIpc) is 3.35. The number of fused-ring (bicyclic) bond motifs is 1. The van der Waals surface area contributed by atoms with Crippen molar-refractivity contribution in [3.8, 4) is 11.5 Å². The van der Waals surface area contributed by atoms with Crippen LogP contribution in [0, 0.1) is 0 Å². The largest absolute Gasteiger partial charge is 0.461 e. The molecule has 3 aromatic heterocycles. The second-order valence-electron chi connectivity index (χ2n) is 5.38. The lowest BCUT2D eigenvalue weighted by molar-refractivity contribution is 0.0943. The molecule has 0 spiro atoms. The van der Waals surface area contributed by atoms with Gasteiger partial charge in [-0.3, -0.25) is 4.79 Å². The van der Waals surface area contributed by atoms with Crippen molar-refractivity contribution in [2.75, 3.05) is 6.54 Å². The zero-order valence-corrected chi connectivity index (χ0v) is 12.8. The number of hydrogen-bond acceptors (Lipinski definition) is 4. The Morgan fingerprint density at radius 2 is 2.04 bits per heavy atom. The number of amides is 1. The van der Waals surface area contributed by atoms with E-state index in [4.69, 9.17) is 8.94 Å². The lowest BCUT2D eigenvalue weighted by Crippen LogP contribution is -2.27. The first kappa shape index (κ1) is 14.3. The SMILES string of the molecule is O=C(NCCn1ccc2ccccc21)c1cc(-c2ccco2)on1. The van der Waals surface area contributed by atoms with E-state index in [2.05, 4.69) is 33.2 Å². The summed E-state index contributed by atoms with van der Waals surface area (Å²) in [6.45, 7) is 1.18. The standard InChI is InChI=1S/C18H15N3O3/c22-18(14-12-17(24-20-14)16-6-3-11-23-16)19-8-10-21-9-7-13-4-1-2-5-15(13)21/h1-7,9,11-12H,8,10H2,(H,19,22). The van der Waals surface area contributed by atoms with Gasteiger partial charge in [-0.2, -0.15) is 0 Å². The number of para-hydroxylation sites is 1. The smallest absolute Gasteiger partial charge is 0.273 e. The number of carbonyl (C=O) groups excluding carboxylic acids is 1. The topological polar surface area (TPSA) is 73.2 Å². The zero-order chi connectivity index (χ0) is 16.4. The number of aromatic nitrogens is 2. The summed E-state index contributed by atoms with van der Waals surface area (Å²) in [4.78, 5) is 12.1. The van der Waals surface area contributed by atoms with Gasteiger partial charge in [-0.05, 0) is 29.7 Å². The Hall–Kier alpha value is -3.28. The Morgan fingerprint density at radius 3 is 2.92 bits per heavy atom. The van der Waals surface area contributed by atoms with Crippen molar-refractivity contribution < 1.29 is 13.7 Å². The van der Waals surface area contributed by atoms with E-state index in [0.717, 1.165) is 5.52 Å². The van der Waals surface area contributed by atoms with Gasteiger partial charge < -0.3 is 18.8 Å². The second kappa shape index (κ2) is 6.08. The van der Waals surface area contributed by atoms with E-state index in [1.807, 2.05) is 18.3 Å². The number of carbonyl (C=O) groups is 1. The van der Waals surface area contributed by atoms with Crippen LogP contribution in [0.3, 0.4) is 0 Å². The van der Waals surface area contributed by atoms with Gasteiger partial charge in [0.1, 0.15) is 0 Å². The van der Waals surface area contributed by atoms with Gasteiger partial charge in [0.25, 0.3) is 5.91 Å². The summed E-state index contributed by atoms with van der Waals surface area (Å²) in [5.74, 6) is 0.704. The van der Waals surface area contributed by atoms with Gasteiger partial charge in [-0.15, -0.1) is 0 Å². The summed E-state index contributed by atoms with van der Waals surface area (Å²) in [7, 11) is 0. The van der Waals surface area contributed by atoms with E-state index in [9.17, 15) is 4.79 Å². The molecule has 0 atom stereocenters. The van der Waals surface area contributed by atoms with Crippen molar-refractivity contribution >= 4 is 16.8 Å². The molecule has 6 nitrogen and oxygen atoms in total. The van der Waals surface area contributed by atoms with E-state index in [1.54, 1.807) is 24.5 Å². The van der Waals surface area contributed by atoms with Gasteiger partial charge in [0, 0.05) is 30.9 Å². The minimum atomic E-state index is -0.270. The van der Waals surface area contributed by atoms with Crippen LogP contribution in [0.25, 0.3) is 22.4 Å². The molecule has 0 aliphatic rings. The van der Waals surface area contributed by atoms with Crippen LogP contribution in [0.2, 0.25) is 0 Å². The van der Waals surface area contributed by atoms with Crippen molar-refractivity contribution in [1.29, 1.82) is 0 Å². The van der Waals surface area contributed by atoms with Gasteiger partial charge >= 0.3 is 0 Å². The lowest BCUT2D eigenvalue weighted by Gasteiger charge is -2.06. The Morgan fingerprint density at radius 1 is 1.12 bits per heavy atom. The van der Waals surface area contributed by atoms with Crippen molar-refractivity contribution in [2.45, 2.75) is 6.54 Å². The Bertz CT molecular complexity index is 966. The van der Waals surface area contributed by atoms with E-state index >= 15 is 0 Å². The van der Waals surface area contributed by atoms with Crippen molar-refractivity contribution in [2.24, 2.45) is 0 Å². The number of benzene rings is 1. The predicted octanol–water partition coefficient (Wildman–Crippen LogP) is 3.32. The van der Waals surface area contributed by atoms with Crippen molar-refractivity contribution in [3.05, 3.63) is 66.7 Å². The molecule has 1 aromatic carbocycles. The predicted molar refractivity (Wildman–Crippen MR) is 88.5 cm³/mol. The van der Waals surface area contributed by atoms with E-state index in [-0.39, 0.29) is 11.6 Å². The van der Waals surface area contributed by atoms with Crippen LogP contribution in [-0.4, -0.2) is 22.2 Å². The molecular weight excluding hydrogens is 306 g/mol. The molecule has 3 heterocycles. The molecule has 1 amide bonds. The highest BCUT2D eigenvalue weighted by Crippen LogP contribution is 2.20. The van der Waals surface area contributed by atoms with Crippen LogP contribution in [0.4, 0.5) is 0 Å². The van der Waals surface area contributed by atoms with Crippen LogP contribution < -0.4 is 5.32 Å². The number of nitrogens with one attached hydrogen (secondary N) is 1. The molecule has 0 bridgehead atoms. The van der Waals surface area contributed by atoms with Gasteiger partial charge in [0.2, 0.25) is 5.76 Å². The minimum Gasteiger partial charge on any atom is -0.461 e. The normalized spacial score (nSPS) is 11.0. The molecule has 120 valence electrons. The van der Waals surface area contributed by atoms with Gasteiger partial charge in [0.15, 0.2) is 11.5 Å². The summed E-state index contributed by atoms with van der Waals surface area (Å²) >= 11 is 0. The molecule has 0 aliphatic heterocycles. The highest BCUT2D eigenvalue weighted by molar-refractivity contribution is 5.92. The molecule has 0 fully saturated rings. The van der Waals surface area contributed by atoms with Crippen LogP contribution in [0.5, 0.6) is 0 Å². The highest BCUT2D eigenvalue weighted by Gasteiger charge is 2.14. The molecule has 1 N–H and O–H groups in total. The second-order valence-corrected chi connectivity index (χ2v) is 5.38. The van der Waals surface area contributed by atoms with Crippen LogP contribution in [0.15, 0.2) is 69.9 Å². The van der Waals surface area contributed by atoms with Crippen molar-refractivity contribution in [3.63, 3.8) is 0 Å². The number of rotatable bonds is 5. The summed E-state index contributed by atoms with van der Waals surface area (Å²) in [6.07, 6.45) is 3.56. The Balaban J connectivity index is 1.38. The molecule has 4 aromatic rings. The molecule has 0 unspecified atom stereocenters. The van der Waals surface area contributed by atoms with Gasteiger partial charge in [-0.1, -0.05) is 23.4 Å². The third kappa shape index (κ3) is 2.69. The Kier molecular flexibility index (Phi) is 3.63. The first-order chi connectivity index (χ1) is 11.8.